The first-order valence-electron chi connectivity index (χ1n) is 13.1. The first-order valence-corrected chi connectivity index (χ1v) is 13.1. The first kappa shape index (κ1) is 22.1. The van der Waals surface area contributed by atoms with Gasteiger partial charge in [-0.1, -0.05) is 13.0 Å². The number of pyridine rings is 1. The van der Waals surface area contributed by atoms with E-state index >= 15 is 0 Å². The first-order chi connectivity index (χ1) is 16.5. The highest BCUT2D eigenvalue weighted by atomic mass is 16.5. The van der Waals surface area contributed by atoms with Gasteiger partial charge < -0.3 is 15.4 Å². The Bertz CT molecular complexity index is 1110. The smallest absolute Gasteiger partial charge is 0.268 e. The van der Waals surface area contributed by atoms with Gasteiger partial charge in [-0.15, -0.1) is 0 Å². The van der Waals surface area contributed by atoms with Crippen molar-refractivity contribution in [3.05, 3.63) is 35.8 Å². The van der Waals surface area contributed by atoms with Gasteiger partial charge in [-0.2, -0.15) is 0 Å². The number of hydrogen-bond acceptors (Lipinski definition) is 4. The van der Waals surface area contributed by atoms with Gasteiger partial charge in [-0.25, -0.2) is 4.98 Å². The van der Waals surface area contributed by atoms with E-state index < -0.39 is 0 Å². The number of amides is 2. The van der Waals surface area contributed by atoms with Crippen molar-refractivity contribution in [2.45, 2.75) is 58.3 Å². The minimum Gasteiger partial charge on any atom is -0.380 e. The fourth-order valence-corrected chi connectivity index (χ4v) is 7.80. The number of carbonyl (C=O) groups excluding carboxylic acids is 2. The Morgan fingerprint density at radius 2 is 2.09 bits per heavy atom. The van der Waals surface area contributed by atoms with Crippen LogP contribution in [0.2, 0.25) is 0 Å². The zero-order chi connectivity index (χ0) is 23.3. The number of rotatable bonds is 10. The summed E-state index contributed by atoms with van der Waals surface area (Å²) in [6, 6.07) is 5.58. The Morgan fingerprint density at radius 3 is 2.97 bits per heavy atom. The van der Waals surface area contributed by atoms with Crippen LogP contribution in [0.15, 0.2) is 24.4 Å². The van der Waals surface area contributed by atoms with E-state index in [1.807, 2.05) is 28.8 Å². The van der Waals surface area contributed by atoms with Crippen molar-refractivity contribution < 1.29 is 14.3 Å². The molecule has 6 rings (SSSR count). The largest absolute Gasteiger partial charge is 0.380 e. The molecule has 4 fully saturated rings. The third kappa shape index (κ3) is 3.72. The topological polar surface area (TPSA) is 84.7 Å². The van der Waals surface area contributed by atoms with Crippen LogP contribution in [0.3, 0.4) is 0 Å². The average Bonchev–Trinajstić information content (AvgIpc) is 3.07. The molecule has 7 nitrogen and oxygen atoms in total. The summed E-state index contributed by atoms with van der Waals surface area (Å²) in [6.07, 6.45) is 11.2. The van der Waals surface area contributed by atoms with Crippen molar-refractivity contribution in [2.24, 2.45) is 28.6 Å². The summed E-state index contributed by atoms with van der Waals surface area (Å²) in [4.78, 5) is 30.1. The number of nitrogens with zero attached hydrogens (tertiary/aromatic N) is 2. The minimum absolute atomic E-state index is 0.0499. The lowest BCUT2D eigenvalue weighted by Crippen LogP contribution is -2.39. The van der Waals surface area contributed by atoms with Crippen LogP contribution < -0.4 is 10.6 Å². The van der Waals surface area contributed by atoms with Gasteiger partial charge in [0.2, 0.25) is 5.91 Å². The molecule has 2 aromatic heterocycles. The van der Waals surface area contributed by atoms with Gasteiger partial charge in [-0.3, -0.25) is 14.0 Å². The van der Waals surface area contributed by atoms with E-state index in [9.17, 15) is 9.59 Å². The quantitative estimate of drug-likeness (QED) is 0.528. The molecule has 2 N–H and O–H groups in total. The Kier molecular flexibility index (Phi) is 5.43. The zero-order valence-electron chi connectivity index (χ0n) is 20.1. The van der Waals surface area contributed by atoms with Crippen molar-refractivity contribution in [3.8, 4) is 0 Å². The molecule has 7 heteroatoms. The van der Waals surface area contributed by atoms with E-state index in [0.29, 0.717) is 47.6 Å². The summed E-state index contributed by atoms with van der Waals surface area (Å²) in [5.74, 6) is 2.60. The lowest BCUT2D eigenvalue weighted by atomic mass is 9.71. The minimum atomic E-state index is -0.0890. The molecule has 2 amide bonds. The molecule has 0 saturated heterocycles. The Labute approximate surface area is 201 Å². The number of hydrogen-bond donors (Lipinski definition) is 2. The van der Waals surface area contributed by atoms with E-state index in [-0.39, 0.29) is 18.2 Å². The average molecular weight is 465 g/mol. The van der Waals surface area contributed by atoms with Crippen molar-refractivity contribution in [2.75, 3.05) is 26.3 Å². The maximum atomic E-state index is 13.2. The molecular weight excluding hydrogens is 428 g/mol. The van der Waals surface area contributed by atoms with Crippen molar-refractivity contribution in [3.63, 3.8) is 0 Å². The second kappa shape index (κ2) is 8.36. The highest BCUT2D eigenvalue weighted by Gasteiger charge is 2.72. The van der Waals surface area contributed by atoms with Crippen LogP contribution in [0.5, 0.6) is 0 Å². The van der Waals surface area contributed by atoms with Crippen LogP contribution in [0.4, 0.5) is 0 Å². The number of fused-ring (bicyclic) bond motifs is 2. The van der Waals surface area contributed by atoms with E-state index in [1.54, 1.807) is 0 Å². The second-order valence-electron chi connectivity index (χ2n) is 11.3. The molecule has 0 aromatic carbocycles. The van der Waals surface area contributed by atoms with E-state index in [4.69, 9.17) is 4.74 Å². The summed E-state index contributed by atoms with van der Waals surface area (Å²) in [7, 11) is 0. The molecule has 2 heterocycles. The molecule has 4 saturated carbocycles. The molecule has 0 radical (unpaired) electrons. The summed E-state index contributed by atoms with van der Waals surface area (Å²) < 4.78 is 7.22. The summed E-state index contributed by atoms with van der Waals surface area (Å²) in [6.45, 7) is 4.55. The molecule has 182 valence electrons. The van der Waals surface area contributed by atoms with Gasteiger partial charge in [0.25, 0.3) is 5.91 Å². The number of nitrogens with one attached hydrogen (secondary N) is 2. The number of carbonyl (C=O) groups is 2. The molecular formula is C27H36N4O3. The number of imidazole rings is 1. The summed E-state index contributed by atoms with van der Waals surface area (Å²) >= 11 is 0. The van der Waals surface area contributed by atoms with Gasteiger partial charge in [0.15, 0.2) is 0 Å². The molecule has 1 spiro atoms. The standard InChI is InChI=1S/C27H36N4O3/c1-2-9-34-10-8-28-24(32)11-20-16-31-22(4-3-5-23(31)30-20)25(33)29-17-26-12-18-6-7-27(21(18)15-26)14-19(27)13-26/h3-5,16,18-19,21H,2,6-15,17H2,1H3,(H,28,32)(H,29,33). The predicted molar refractivity (Wildman–Crippen MR) is 128 cm³/mol. The van der Waals surface area contributed by atoms with Gasteiger partial charge in [0.05, 0.1) is 18.7 Å². The van der Waals surface area contributed by atoms with Crippen LogP contribution in [0, 0.1) is 28.6 Å². The number of aromatic nitrogens is 2. The third-order valence-corrected chi connectivity index (χ3v) is 9.25. The molecule has 4 aliphatic rings. The van der Waals surface area contributed by atoms with Gasteiger partial charge in [0.1, 0.15) is 11.3 Å². The van der Waals surface area contributed by atoms with Gasteiger partial charge in [0, 0.05) is 25.9 Å². The Morgan fingerprint density at radius 1 is 1.18 bits per heavy atom. The predicted octanol–water partition coefficient (Wildman–Crippen LogP) is 3.37. The maximum Gasteiger partial charge on any atom is 0.268 e. The van der Waals surface area contributed by atoms with Crippen LogP contribution >= 0.6 is 0 Å². The third-order valence-electron chi connectivity index (χ3n) is 9.25. The molecule has 4 aliphatic carbocycles. The van der Waals surface area contributed by atoms with E-state index in [0.717, 1.165) is 30.7 Å². The zero-order valence-corrected chi connectivity index (χ0v) is 20.1. The lowest BCUT2D eigenvalue weighted by molar-refractivity contribution is -0.120. The SMILES string of the molecule is CCCOCCNC(=O)Cc1cn2c(C(=O)NCC34CC5CCC6(CC6C3)C5C4)cccc2n1. The van der Waals surface area contributed by atoms with Crippen molar-refractivity contribution in [1.82, 2.24) is 20.0 Å². The molecule has 5 atom stereocenters. The van der Waals surface area contributed by atoms with Crippen molar-refractivity contribution >= 4 is 17.5 Å². The fraction of sp³-hybridized carbons (Fsp3) is 0.667. The molecule has 0 aliphatic heterocycles. The van der Waals surface area contributed by atoms with Gasteiger partial charge >= 0.3 is 0 Å². The molecule has 34 heavy (non-hydrogen) atoms. The van der Waals surface area contributed by atoms with Gasteiger partial charge in [-0.05, 0) is 85.7 Å². The summed E-state index contributed by atoms with van der Waals surface area (Å²) in [5, 5.41) is 6.16. The number of ether oxygens (including phenoxy) is 1. The second-order valence-corrected chi connectivity index (χ2v) is 11.3. The monoisotopic (exact) mass is 464 g/mol. The van der Waals surface area contributed by atoms with E-state index in [2.05, 4.69) is 22.5 Å². The Balaban J connectivity index is 1.08. The molecule has 2 bridgehead atoms. The van der Waals surface area contributed by atoms with Crippen molar-refractivity contribution in [1.29, 1.82) is 0 Å². The van der Waals surface area contributed by atoms with Crippen LogP contribution in [0.25, 0.3) is 5.65 Å². The van der Waals surface area contributed by atoms with Crippen LogP contribution in [-0.4, -0.2) is 47.5 Å². The molecule has 5 unspecified atom stereocenters. The Hall–Kier alpha value is -2.41. The molecule has 2 aromatic rings. The highest BCUT2D eigenvalue weighted by molar-refractivity contribution is 5.93. The lowest BCUT2D eigenvalue weighted by Gasteiger charge is -2.36. The fourth-order valence-electron chi connectivity index (χ4n) is 7.80. The van der Waals surface area contributed by atoms with Crippen LogP contribution in [-0.2, 0) is 16.0 Å². The maximum absolute atomic E-state index is 13.2. The normalized spacial score (nSPS) is 32.6. The van der Waals surface area contributed by atoms with Crippen LogP contribution in [0.1, 0.15) is 68.1 Å². The van der Waals surface area contributed by atoms with E-state index in [1.165, 1.54) is 38.5 Å². The highest BCUT2D eigenvalue weighted by Crippen LogP contribution is 2.79. The summed E-state index contributed by atoms with van der Waals surface area (Å²) in [5.41, 5.74) is 2.95.